The van der Waals surface area contributed by atoms with E-state index in [1.54, 1.807) is 12.1 Å². The van der Waals surface area contributed by atoms with E-state index in [1.807, 2.05) is 30.3 Å². The first-order chi connectivity index (χ1) is 16.1. The summed E-state index contributed by atoms with van der Waals surface area (Å²) in [7, 11) is 0. The molecule has 1 unspecified atom stereocenters. The molecular formula is C29H33FN2O. The van der Waals surface area contributed by atoms with Crippen molar-refractivity contribution >= 4 is 0 Å². The van der Waals surface area contributed by atoms with Gasteiger partial charge in [-0.1, -0.05) is 66.7 Å². The molecule has 2 aliphatic rings. The minimum Gasteiger partial charge on any atom is -0.380 e. The normalized spacial score (nSPS) is 20.4. The average molecular weight is 445 g/mol. The first-order valence-corrected chi connectivity index (χ1v) is 12.2. The van der Waals surface area contributed by atoms with E-state index in [0.29, 0.717) is 6.04 Å². The van der Waals surface area contributed by atoms with Crippen molar-refractivity contribution in [3.63, 3.8) is 0 Å². The summed E-state index contributed by atoms with van der Waals surface area (Å²) in [5.41, 5.74) is 2.81. The van der Waals surface area contributed by atoms with Gasteiger partial charge in [-0.3, -0.25) is 0 Å². The van der Waals surface area contributed by atoms with Crippen molar-refractivity contribution in [2.45, 2.75) is 37.3 Å². The summed E-state index contributed by atoms with van der Waals surface area (Å²) in [5.74, 6) is -0.190. The molecule has 2 fully saturated rings. The molecule has 3 nitrogen and oxygen atoms in total. The van der Waals surface area contributed by atoms with Crippen LogP contribution in [0.4, 0.5) is 4.39 Å². The lowest BCUT2D eigenvalue weighted by molar-refractivity contribution is -0.0225. The zero-order chi connectivity index (χ0) is 22.7. The average Bonchev–Trinajstić information content (AvgIpc) is 2.90. The predicted octanol–water partition coefficient (Wildman–Crippen LogP) is 5.19. The Morgan fingerprint density at radius 2 is 1.27 bits per heavy atom. The van der Waals surface area contributed by atoms with E-state index in [1.165, 1.54) is 25.0 Å². The molecule has 3 aromatic carbocycles. The third kappa shape index (κ3) is 4.61. The molecule has 0 radical (unpaired) electrons. The second kappa shape index (κ2) is 9.76. The van der Waals surface area contributed by atoms with Crippen LogP contribution in [0.1, 0.15) is 36.8 Å². The Kier molecular flexibility index (Phi) is 6.59. The van der Waals surface area contributed by atoms with Gasteiger partial charge in [-0.25, -0.2) is 4.39 Å². The molecule has 172 valence electrons. The molecule has 2 heterocycles. The molecule has 2 saturated heterocycles. The number of aliphatic hydroxyl groups is 1. The Labute approximate surface area is 196 Å². The summed E-state index contributed by atoms with van der Waals surface area (Å²) < 4.78 is 13.7. The van der Waals surface area contributed by atoms with E-state index in [9.17, 15) is 9.50 Å². The van der Waals surface area contributed by atoms with Gasteiger partial charge in [0.25, 0.3) is 0 Å². The quantitative estimate of drug-likeness (QED) is 0.568. The van der Waals surface area contributed by atoms with Crippen LogP contribution in [0.5, 0.6) is 0 Å². The summed E-state index contributed by atoms with van der Waals surface area (Å²) in [4.78, 5) is 2.61. The Hall–Kier alpha value is -2.53. The van der Waals surface area contributed by atoms with E-state index >= 15 is 0 Å². The summed E-state index contributed by atoms with van der Waals surface area (Å²) in [6, 6.07) is 25.6. The molecule has 1 atom stereocenters. The monoisotopic (exact) mass is 444 g/mol. The number of piperidine rings is 2. The van der Waals surface area contributed by atoms with Crippen LogP contribution in [-0.4, -0.2) is 42.2 Å². The summed E-state index contributed by atoms with van der Waals surface area (Å²) >= 11 is 0. The fourth-order valence-corrected chi connectivity index (χ4v) is 5.74. The van der Waals surface area contributed by atoms with Crippen molar-refractivity contribution in [3.05, 3.63) is 95.8 Å². The van der Waals surface area contributed by atoms with Gasteiger partial charge in [0.1, 0.15) is 11.4 Å². The zero-order valence-electron chi connectivity index (χ0n) is 19.1. The van der Waals surface area contributed by atoms with E-state index in [-0.39, 0.29) is 11.7 Å². The van der Waals surface area contributed by atoms with Gasteiger partial charge in [0.2, 0.25) is 0 Å². The Morgan fingerprint density at radius 3 is 1.88 bits per heavy atom. The fraction of sp³-hybridized carbons (Fsp3) is 0.379. The molecular weight excluding hydrogens is 411 g/mol. The van der Waals surface area contributed by atoms with Crippen LogP contribution < -0.4 is 5.32 Å². The van der Waals surface area contributed by atoms with Gasteiger partial charge in [-0.15, -0.1) is 0 Å². The largest absolute Gasteiger partial charge is 0.380 e. The molecule has 0 amide bonds. The van der Waals surface area contributed by atoms with Crippen LogP contribution in [0.3, 0.4) is 0 Å². The van der Waals surface area contributed by atoms with Crippen LogP contribution in [0.15, 0.2) is 78.9 Å². The first kappa shape index (κ1) is 22.3. The SMILES string of the molecule is OC(c1ccc(F)cc1)(c1ccc(-c2ccccc2)cc1)C1CCN(C2CCNCC2)CC1. The maximum absolute atomic E-state index is 13.7. The van der Waals surface area contributed by atoms with Crippen molar-refractivity contribution in [1.29, 1.82) is 0 Å². The molecule has 33 heavy (non-hydrogen) atoms. The number of nitrogens with one attached hydrogen (secondary N) is 1. The number of hydrogen-bond donors (Lipinski definition) is 2. The Bertz CT molecular complexity index is 1020. The lowest BCUT2D eigenvalue weighted by Gasteiger charge is -2.45. The van der Waals surface area contributed by atoms with Gasteiger partial charge in [0.05, 0.1) is 0 Å². The lowest BCUT2D eigenvalue weighted by atomic mass is 9.71. The maximum Gasteiger partial charge on any atom is 0.123 e. The maximum atomic E-state index is 13.7. The summed E-state index contributed by atoms with van der Waals surface area (Å²) in [5, 5.41) is 15.7. The van der Waals surface area contributed by atoms with Crippen LogP contribution in [0.25, 0.3) is 11.1 Å². The lowest BCUT2D eigenvalue weighted by Crippen LogP contribution is -2.49. The molecule has 0 saturated carbocycles. The van der Waals surface area contributed by atoms with Crippen LogP contribution in [0, 0.1) is 11.7 Å². The van der Waals surface area contributed by atoms with Crippen molar-refractivity contribution in [2.75, 3.05) is 26.2 Å². The van der Waals surface area contributed by atoms with Gasteiger partial charge in [-0.05, 0) is 92.2 Å². The second-order valence-corrected chi connectivity index (χ2v) is 9.51. The van der Waals surface area contributed by atoms with E-state index in [2.05, 4.69) is 34.5 Å². The van der Waals surface area contributed by atoms with Crippen LogP contribution in [0.2, 0.25) is 0 Å². The molecule has 3 aromatic rings. The van der Waals surface area contributed by atoms with E-state index < -0.39 is 5.60 Å². The third-order valence-corrected chi connectivity index (χ3v) is 7.66. The van der Waals surface area contributed by atoms with Gasteiger partial charge in [0, 0.05) is 6.04 Å². The highest BCUT2D eigenvalue weighted by atomic mass is 19.1. The predicted molar refractivity (Wildman–Crippen MR) is 131 cm³/mol. The molecule has 2 N–H and O–H groups in total. The van der Waals surface area contributed by atoms with Gasteiger partial charge in [0.15, 0.2) is 0 Å². The topological polar surface area (TPSA) is 35.5 Å². The van der Waals surface area contributed by atoms with E-state index in [0.717, 1.165) is 61.3 Å². The smallest absolute Gasteiger partial charge is 0.123 e. The number of nitrogens with zero attached hydrogens (tertiary/aromatic N) is 1. The highest BCUT2D eigenvalue weighted by Gasteiger charge is 2.42. The highest BCUT2D eigenvalue weighted by Crippen LogP contribution is 2.43. The van der Waals surface area contributed by atoms with Gasteiger partial charge >= 0.3 is 0 Å². The molecule has 4 heteroatoms. The minimum absolute atomic E-state index is 0.0866. The fourth-order valence-electron chi connectivity index (χ4n) is 5.74. The summed E-state index contributed by atoms with van der Waals surface area (Å²) in [6.07, 6.45) is 4.26. The molecule has 5 rings (SSSR count). The third-order valence-electron chi connectivity index (χ3n) is 7.66. The molecule has 0 aromatic heterocycles. The molecule has 0 bridgehead atoms. The molecule has 2 aliphatic heterocycles. The standard InChI is InChI=1S/C29H33FN2O/c30-27-12-10-25(11-13-27)29(33,24-8-6-23(7-9-24)22-4-2-1-3-5-22)26-16-20-32(21-17-26)28-14-18-31-19-15-28/h1-13,26,28,31,33H,14-21H2. The highest BCUT2D eigenvalue weighted by molar-refractivity contribution is 5.64. The second-order valence-electron chi connectivity index (χ2n) is 9.51. The van der Waals surface area contributed by atoms with Crippen molar-refractivity contribution in [3.8, 4) is 11.1 Å². The number of hydrogen-bond acceptors (Lipinski definition) is 3. The number of benzene rings is 3. The van der Waals surface area contributed by atoms with Crippen molar-refractivity contribution < 1.29 is 9.50 Å². The number of halogens is 1. The Balaban J connectivity index is 1.43. The van der Waals surface area contributed by atoms with Crippen molar-refractivity contribution in [2.24, 2.45) is 5.92 Å². The summed E-state index contributed by atoms with van der Waals surface area (Å²) in [6.45, 7) is 4.19. The number of likely N-dealkylation sites (tertiary alicyclic amines) is 1. The number of rotatable bonds is 5. The van der Waals surface area contributed by atoms with Gasteiger partial charge in [-0.2, -0.15) is 0 Å². The zero-order valence-corrected chi connectivity index (χ0v) is 19.1. The molecule has 0 spiro atoms. The van der Waals surface area contributed by atoms with E-state index in [4.69, 9.17) is 0 Å². The van der Waals surface area contributed by atoms with Gasteiger partial charge < -0.3 is 15.3 Å². The minimum atomic E-state index is -1.14. The Morgan fingerprint density at radius 1 is 0.727 bits per heavy atom. The van der Waals surface area contributed by atoms with Crippen LogP contribution >= 0.6 is 0 Å². The van der Waals surface area contributed by atoms with Crippen LogP contribution in [-0.2, 0) is 5.60 Å². The van der Waals surface area contributed by atoms with Crippen molar-refractivity contribution in [1.82, 2.24) is 10.2 Å². The first-order valence-electron chi connectivity index (χ1n) is 12.2. The molecule has 0 aliphatic carbocycles.